The third-order valence-corrected chi connectivity index (χ3v) is 0. The summed E-state index contributed by atoms with van der Waals surface area (Å²) < 4.78 is 20.7. The zero-order valence-corrected chi connectivity index (χ0v) is 2.33. The Hall–Kier alpha value is 0.392. The van der Waals surface area contributed by atoms with Gasteiger partial charge in [0.2, 0.25) is 6.43 Å². The van der Waals surface area contributed by atoms with Gasteiger partial charge in [-0.3, -0.25) is 0 Å². The van der Waals surface area contributed by atoms with Crippen molar-refractivity contribution in [2.45, 2.75) is 13.3 Å². The minimum absolute atomic E-state index is 0. The second kappa shape index (κ2) is 4.39. The summed E-state index contributed by atoms with van der Waals surface area (Å²) in [5, 5.41) is 0. The van der Waals surface area contributed by atoms with Gasteiger partial charge >= 0.3 is 0 Å². The Morgan fingerprint density at radius 3 is 1.40 bits per heavy atom. The Morgan fingerprint density at radius 2 is 1.40 bits per heavy atom. The standard InChI is InChI=1S/C2H4F2.Al.3H/c1-2(3)4;;;;/h2H,1H3;;;;. The van der Waals surface area contributed by atoms with Gasteiger partial charge in [-0.25, -0.2) is 8.78 Å². The molecule has 5 heavy (non-hydrogen) atoms. The molecule has 0 N–H and O–H groups in total. The van der Waals surface area contributed by atoms with E-state index in [2.05, 4.69) is 0 Å². The first kappa shape index (κ1) is 9.04. The molecule has 0 atom stereocenters. The van der Waals surface area contributed by atoms with Crippen LogP contribution in [0.2, 0.25) is 0 Å². The number of hydrogen-bond acceptors (Lipinski definition) is 0. The first-order valence-electron chi connectivity index (χ1n) is 1.01. The summed E-state index contributed by atoms with van der Waals surface area (Å²) in [5.41, 5.74) is 0. The van der Waals surface area contributed by atoms with Gasteiger partial charge in [-0.1, -0.05) is 0 Å². The van der Waals surface area contributed by atoms with Crippen molar-refractivity contribution in [1.82, 2.24) is 0 Å². The first-order valence-corrected chi connectivity index (χ1v) is 1.01. The Kier molecular flexibility index (Phi) is 7.94. The molecule has 0 aliphatic rings. The molecule has 0 spiro atoms. The van der Waals surface area contributed by atoms with Crippen molar-refractivity contribution in [2.75, 3.05) is 0 Å². The van der Waals surface area contributed by atoms with Crippen molar-refractivity contribution in [2.24, 2.45) is 0 Å². The molecule has 0 bridgehead atoms. The topological polar surface area (TPSA) is 0 Å². The molecule has 0 aromatic rings. The summed E-state index contributed by atoms with van der Waals surface area (Å²) >= 11 is 0. The molecule has 3 heteroatoms. The highest BCUT2D eigenvalue weighted by Crippen LogP contribution is 1.82. The van der Waals surface area contributed by atoms with Gasteiger partial charge < -0.3 is 0 Å². The van der Waals surface area contributed by atoms with E-state index >= 15 is 0 Å². The molecule has 0 heterocycles. The van der Waals surface area contributed by atoms with E-state index in [1.165, 1.54) is 0 Å². The summed E-state index contributed by atoms with van der Waals surface area (Å²) in [6.45, 7) is 0.833. The summed E-state index contributed by atoms with van der Waals surface area (Å²) in [6.07, 6.45) is -2.17. The zero-order chi connectivity index (χ0) is 3.58. The number of rotatable bonds is 0. The lowest BCUT2D eigenvalue weighted by atomic mass is 10.9. The van der Waals surface area contributed by atoms with Crippen LogP contribution in [0.3, 0.4) is 0 Å². The van der Waals surface area contributed by atoms with Crippen molar-refractivity contribution in [3.8, 4) is 0 Å². The molecule has 32 valence electrons. The van der Waals surface area contributed by atoms with Crippen LogP contribution in [0.25, 0.3) is 0 Å². The van der Waals surface area contributed by atoms with Crippen LogP contribution in [-0.4, -0.2) is 23.8 Å². The lowest BCUT2D eigenvalue weighted by Crippen LogP contribution is -1.69. The highest BCUT2D eigenvalue weighted by atomic mass is 27.0. The van der Waals surface area contributed by atoms with Gasteiger partial charge in [0.15, 0.2) is 17.4 Å². The lowest BCUT2D eigenvalue weighted by molar-refractivity contribution is 0.171. The van der Waals surface area contributed by atoms with E-state index in [1.54, 1.807) is 0 Å². The molecule has 0 nitrogen and oxygen atoms in total. The van der Waals surface area contributed by atoms with Crippen LogP contribution in [0.4, 0.5) is 8.78 Å². The maximum absolute atomic E-state index is 10.3. The van der Waals surface area contributed by atoms with Crippen LogP contribution in [0.5, 0.6) is 0 Å². The monoisotopic (exact) mass is 96.0 g/mol. The van der Waals surface area contributed by atoms with E-state index < -0.39 is 6.43 Å². The van der Waals surface area contributed by atoms with E-state index in [0.717, 1.165) is 6.92 Å². The van der Waals surface area contributed by atoms with Crippen molar-refractivity contribution in [3.63, 3.8) is 0 Å². The van der Waals surface area contributed by atoms with E-state index in [1.807, 2.05) is 0 Å². The van der Waals surface area contributed by atoms with Crippen LogP contribution >= 0.6 is 0 Å². The molecule has 0 rings (SSSR count). The molecule has 0 aromatic heterocycles. The third-order valence-electron chi connectivity index (χ3n) is 0. The van der Waals surface area contributed by atoms with E-state index in [0.29, 0.717) is 0 Å². The predicted molar refractivity (Wildman–Crippen MR) is 21.6 cm³/mol. The van der Waals surface area contributed by atoms with Crippen LogP contribution in [0.1, 0.15) is 6.92 Å². The molecular formula is C2H7AlF2. The molecule has 0 aliphatic carbocycles. The lowest BCUT2D eigenvalue weighted by Gasteiger charge is -1.70. The van der Waals surface area contributed by atoms with Crippen molar-refractivity contribution in [1.29, 1.82) is 0 Å². The van der Waals surface area contributed by atoms with Gasteiger partial charge in [0.1, 0.15) is 0 Å². The van der Waals surface area contributed by atoms with Gasteiger partial charge in [-0.05, 0) is 6.92 Å². The fourth-order valence-electron chi connectivity index (χ4n) is 0. The van der Waals surface area contributed by atoms with Crippen LogP contribution in [0, 0.1) is 0 Å². The second-order valence-electron chi connectivity index (χ2n) is 0.519. The minimum Gasteiger partial charge on any atom is -0.211 e. The van der Waals surface area contributed by atoms with Crippen LogP contribution in [-0.2, 0) is 0 Å². The Bertz CT molecular complexity index is 12.4. The van der Waals surface area contributed by atoms with Gasteiger partial charge in [0, 0.05) is 0 Å². The molecule has 0 aromatic carbocycles. The predicted octanol–water partition coefficient (Wildman–Crippen LogP) is 0.0875. The average Bonchev–Trinajstić information content (AvgIpc) is 0.811. The van der Waals surface area contributed by atoms with Gasteiger partial charge in [-0.2, -0.15) is 0 Å². The summed E-state index contributed by atoms with van der Waals surface area (Å²) in [6, 6.07) is 0. The summed E-state index contributed by atoms with van der Waals surface area (Å²) in [5.74, 6) is 0. The van der Waals surface area contributed by atoms with Gasteiger partial charge in [0.05, 0.1) is 0 Å². The van der Waals surface area contributed by atoms with E-state index in [4.69, 9.17) is 0 Å². The van der Waals surface area contributed by atoms with Gasteiger partial charge in [0.25, 0.3) is 0 Å². The number of hydrogen-bond donors (Lipinski definition) is 0. The second-order valence-corrected chi connectivity index (χ2v) is 0.519. The average molecular weight is 96.1 g/mol. The normalized spacial score (nSPS) is 7.20. The van der Waals surface area contributed by atoms with Gasteiger partial charge in [-0.15, -0.1) is 0 Å². The Morgan fingerprint density at radius 1 is 1.40 bits per heavy atom. The van der Waals surface area contributed by atoms with E-state index in [-0.39, 0.29) is 17.4 Å². The number of alkyl halides is 2. The van der Waals surface area contributed by atoms with Crippen molar-refractivity contribution >= 4 is 17.4 Å². The summed E-state index contributed by atoms with van der Waals surface area (Å²) in [4.78, 5) is 0. The molecular weight excluding hydrogens is 89.0 g/mol. The molecule has 0 fully saturated rings. The smallest absolute Gasteiger partial charge is 0.211 e. The highest BCUT2D eigenvalue weighted by Gasteiger charge is 1.79. The maximum atomic E-state index is 10.3. The Labute approximate surface area is 40.3 Å². The molecule has 0 radical (unpaired) electrons. The van der Waals surface area contributed by atoms with Crippen molar-refractivity contribution < 1.29 is 8.78 Å². The first-order chi connectivity index (χ1) is 1.73. The summed E-state index contributed by atoms with van der Waals surface area (Å²) in [7, 11) is 0. The maximum Gasteiger partial charge on any atom is 0.235 e. The molecule has 0 saturated heterocycles. The van der Waals surface area contributed by atoms with Crippen LogP contribution < -0.4 is 0 Å². The Balaban J connectivity index is 0. The molecule has 0 aliphatic heterocycles. The number of halogens is 2. The quantitative estimate of drug-likeness (QED) is 0.375. The molecule has 0 saturated carbocycles. The fraction of sp³-hybridized carbons (Fsp3) is 1.00. The van der Waals surface area contributed by atoms with E-state index in [9.17, 15) is 8.78 Å². The molecule has 0 amide bonds. The largest absolute Gasteiger partial charge is 0.235 e. The minimum atomic E-state index is -2.17. The third kappa shape index (κ3) is 163. The zero-order valence-electron chi connectivity index (χ0n) is 2.33. The molecule has 0 unspecified atom stereocenters. The van der Waals surface area contributed by atoms with Crippen LogP contribution in [0.15, 0.2) is 0 Å². The SMILES string of the molecule is CC(F)F.[AlH3]. The van der Waals surface area contributed by atoms with Crippen molar-refractivity contribution in [3.05, 3.63) is 0 Å². The fourth-order valence-corrected chi connectivity index (χ4v) is 0. The highest BCUT2D eigenvalue weighted by molar-refractivity contribution is 5.75.